The second kappa shape index (κ2) is 7.92. The maximum atomic E-state index is 12.4. The van der Waals surface area contributed by atoms with Gasteiger partial charge in [0, 0.05) is 18.0 Å². The molecule has 0 saturated carbocycles. The fourth-order valence-corrected chi connectivity index (χ4v) is 4.10. The standard InChI is InChI=1S/C22H20N6O2S/c1-13(20-24-15-8-4-5-9-16(15)25-20)23-19(29)12-31-22-27-26-21(30-22)18-11-14-7-3-6-10-17(14)28(18)2/h3-11,13H,12H2,1-2H3,(H,23,29)(H,24,25)/t13-/m1/s1. The summed E-state index contributed by atoms with van der Waals surface area (Å²) in [7, 11) is 1.96. The molecule has 31 heavy (non-hydrogen) atoms. The maximum Gasteiger partial charge on any atom is 0.277 e. The number of aryl methyl sites for hydroxylation is 1. The molecule has 0 saturated heterocycles. The molecule has 9 heteroatoms. The molecule has 0 unspecified atom stereocenters. The lowest BCUT2D eigenvalue weighted by Crippen LogP contribution is -2.28. The summed E-state index contributed by atoms with van der Waals surface area (Å²) < 4.78 is 7.79. The second-order valence-corrected chi connectivity index (χ2v) is 8.16. The average molecular weight is 433 g/mol. The number of hydrogen-bond acceptors (Lipinski definition) is 6. The summed E-state index contributed by atoms with van der Waals surface area (Å²) in [5.74, 6) is 1.18. The monoisotopic (exact) mass is 432 g/mol. The summed E-state index contributed by atoms with van der Waals surface area (Å²) in [6.45, 7) is 1.89. The Bertz CT molecular complexity index is 1350. The second-order valence-electron chi connectivity index (χ2n) is 7.24. The third-order valence-corrected chi connectivity index (χ3v) is 5.92. The van der Waals surface area contributed by atoms with Crippen molar-refractivity contribution in [2.24, 2.45) is 7.05 Å². The minimum Gasteiger partial charge on any atom is -0.410 e. The lowest BCUT2D eigenvalue weighted by atomic mass is 10.2. The Labute approximate surface area is 182 Å². The minimum atomic E-state index is -0.241. The molecule has 5 aromatic rings. The summed E-state index contributed by atoms with van der Waals surface area (Å²) in [5.41, 5.74) is 3.74. The normalized spacial score (nSPS) is 12.5. The highest BCUT2D eigenvalue weighted by Crippen LogP contribution is 2.28. The summed E-state index contributed by atoms with van der Waals surface area (Å²) in [4.78, 5) is 20.2. The van der Waals surface area contributed by atoms with E-state index in [0.29, 0.717) is 11.1 Å². The first-order chi connectivity index (χ1) is 15.1. The molecule has 0 aliphatic carbocycles. The summed E-state index contributed by atoms with van der Waals surface area (Å²) in [5, 5.41) is 12.6. The molecule has 1 atom stereocenters. The van der Waals surface area contributed by atoms with Gasteiger partial charge in [0.15, 0.2) is 0 Å². The van der Waals surface area contributed by atoms with Crippen LogP contribution in [0.1, 0.15) is 18.8 Å². The fraction of sp³-hybridized carbons (Fsp3) is 0.182. The molecule has 8 nitrogen and oxygen atoms in total. The highest BCUT2D eigenvalue weighted by Gasteiger charge is 2.17. The number of para-hydroxylation sites is 3. The van der Waals surface area contributed by atoms with Crippen molar-refractivity contribution in [2.45, 2.75) is 18.2 Å². The molecular formula is C22H20N6O2S. The molecular weight excluding hydrogens is 412 g/mol. The quantitative estimate of drug-likeness (QED) is 0.392. The first-order valence-electron chi connectivity index (χ1n) is 9.83. The van der Waals surface area contributed by atoms with Crippen molar-refractivity contribution in [2.75, 3.05) is 5.75 Å². The van der Waals surface area contributed by atoms with Crippen molar-refractivity contribution < 1.29 is 9.21 Å². The van der Waals surface area contributed by atoms with Crippen LogP contribution in [0.25, 0.3) is 33.5 Å². The van der Waals surface area contributed by atoms with E-state index in [-0.39, 0.29) is 17.7 Å². The van der Waals surface area contributed by atoms with Crippen molar-refractivity contribution in [3.8, 4) is 11.6 Å². The van der Waals surface area contributed by atoms with Crippen molar-refractivity contribution >= 4 is 39.6 Å². The van der Waals surface area contributed by atoms with Crippen LogP contribution in [0, 0.1) is 0 Å². The number of benzene rings is 2. The number of carbonyl (C=O) groups is 1. The summed E-state index contributed by atoms with van der Waals surface area (Å²) >= 11 is 1.21. The van der Waals surface area contributed by atoms with Crippen LogP contribution < -0.4 is 5.32 Å². The third kappa shape index (κ3) is 3.79. The first kappa shape index (κ1) is 19.4. The van der Waals surface area contributed by atoms with Crippen molar-refractivity contribution in [1.82, 2.24) is 30.0 Å². The van der Waals surface area contributed by atoms with Crippen LogP contribution in [0.5, 0.6) is 0 Å². The number of amides is 1. The van der Waals surface area contributed by atoms with Gasteiger partial charge in [0.25, 0.3) is 11.1 Å². The van der Waals surface area contributed by atoms with Gasteiger partial charge in [-0.05, 0) is 31.2 Å². The Morgan fingerprint density at radius 2 is 2.00 bits per heavy atom. The van der Waals surface area contributed by atoms with E-state index in [1.54, 1.807) is 0 Å². The molecule has 0 bridgehead atoms. The average Bonchev–Trinajstić information content (AvgIpc) is 3.49. The van der Waals surface area contributed by atoms with Gasteiger partial charge in [0.1, 0.15) is 11.5 Å². The number of nitrogens with one attached hydrogen (secondary N) is 2. The van der Waals surface area contributed by atoms with E-state index in [1.165, 1.54) is 11.8 Å². The van der Waals surface area contributed by atoms with Crippen LogP contribution in [-0.4, -0.2) is 36.4 Å². The molecule has 156 valence electrons. The van der Waals surface area contributed by atoms with Gasteiger partial charge in [0.2, 0.25) is 5.91 Å². The minimum absolute atomic E-state index is 0.137. The van der Waals surface area contributed by atoms with Gasteiger partial charge in [-0.15, -0.1) is 10.2 Å². The first-order valence-corrected chi connectivity index (χ1v) is 10.8. The molecule has 3 aromatic heterocycles. The zero-order valence-electron chi connectivity index (χ0n) is 17.0. The van der Waals surface area contributed by atoms with Crippen LogP contribution in [0.4, 0.5) is 0 Å². The number of fused-ring (bicyclic) bond motifs is 2. The fourth-order valence-electron chi connectivity index (χ4n) is 3.52. The zero-order valence-corrected chi connectivity index (χ0v) is 17.8. The Balaban J connectivity index is 1.22. The van der Waals surface area contributed by atoms with Gasteiger partial charge in [-0.1, -0.05) is 42.1 Å². The van der Waals surface area contributed by atoms with Gasteiger partial charge in [-0.25, -0.2) is 4.98 Å². The van der Waals surface area contributed by atoms with Gasteiger partial charge in [0.05, 0.1) is 22.8 Å². The van der Waals surface area contributed by atoms with Crippen molar-refractivity contribution in [1.29, 1.82) is 0 Å². The molecule has 2 aromatic carbocycles. The smallest absolute Gasteiger partial charge is 0.277 e. The number of hydrogen-bond donors (Lipinski definition) is 2. The molecule has 0 fully saturated rings. The van der Waals surface area contributed by atoms with Crippen LogP contribution in [0.2, 0.25) is 0 Å². The maximum absolute atomic E-state index is 12.4. The molecule has 0 aliphatic rings. The van der Waals surface area contributed by atoms with Crippen LogP contribution >= 0.6 is 11.8 Å². The van der Waals surface area contributed by atoms with E-state index in [2.05, 4.69) is 25.5 Å². The van der Waals surface area contributed by atoms with Crippen LogP contribution in [0.3, 0.4) is 0 Å². The highest BCUT2D eigenvalue weighted by molar-refractivity contribution is 7.99. The van der Waals surface area contributed by atoms with Crippen LogP contribution in [-0.2, 0) is 11.8 Å². The molecule has 2 N–H and O–H groups in total. The number of H-pyrrole nitrogens is 1. The SMILES string of the molecule is C[C@@H](NC(=O)CSc1nnc(-c2cc3ccccc3n2C)o1)c1nc2ccccc2[nH]1. The molecule has 0 aliphatic heterocycles. The number of aromatic nitrogens is 5. The molecule has 0 spiro atoms. The lowest BCUT2D eigenvalue weighted by molar-refractivity contribution is -0.119. The van der Waals surface area contributed by atoms with E-state index in [4.69, 9.17) is 4.42 Å². The van der Waals surface area contributed by atoms with Crippen LogP contribution in [0.15, 0.2) is 64.2 Å². The highest BCUT2D eigenvalue weighted by atomic mass is 32.2. The zero-order chi connectivity index (χ0) is 21.4. The number of thioether (sulfide) groups is 1. The van der Waals surface area contributed by atoms with E-state index < -0.39 is 0 Å². The number of aromatic amines is 1. The number of carbonyl (C=O) groups excluding carboxylic acids is 1. The van der Waals surface area contributed by atoms with E-state index >= 15 is 0 Å². The molecule has 5 rings (SSSR count). The van der Waals surface area contributed by atoms with Gasteiger partial charge >= 0.3 is 0 Å². The molecule has 3 heterocycles. The molecule has 0 radical (unpaired) electrons. The predicted molar refractivity (Wildman–Crippen MR) is 120 cm³/mol. The largest absolute Gasteiger partial charge is 0.410 e. The Morgan fingerprint density at radius 1 is 1.19 bits per heavy atom. The Kier molecular flexibility index (Phi) is 4.95. The number of imidazole rings is 1. The third-order valence-electron chi connectivity index (χ3n) is 5.10. The topological polar surface area (TPSA) is 102 Å². The van der Waals surface area contributed by atoms with Crippen molar-refractivity contribution in [3.05, 3.63) is 60.4 Å². The van der Waals surface area contributed by atoms with Gasteiger partial charge in [-0.2, -0.15) is 0 Å². The lowest BCUT2D eigenvalue weighted by Gasteiger charge is -2.10. The Hall–Kier alpha value is -3.59. The van der Waals surface area contributed by atoms with Gasteiger partial charge in [-0.3, -0.25) is 4.79 Å². The molecule has 1 amide bonds. The summed E-state index contributed by atoms with van der Waals surface area (Å²) in [6, 6.07) is 17.6. The van der Waals surface area contributed by atoms with E-state index in [9.17, 15) is 4.79 Å². The number of nitrogens with zero attached hydrogens (tertiary/aromatic N) is 4. The predicted octanol–water partition coefficient (Wildman–Crippen LogP) is 4.07. The summed E-state index contributed by atoms with van der Waals surface area (Å²) in [6.07, 6.45) is 0. The van der Waals surface area contributed by atoms with E-state index in [1.807, 2.05) is 73.1 Å². The van der Waals surface area contributed by atoms with Crippen molar-refractivity contribution in [3.63, 3.8) is 0 Å². The Morgan fingerprint density at radius 3 is 2.84 bits per heavy atom. The number of rotatable bonds is 6. The van der Waals surface area contributed by atoms with Gasteiger partial charge < -0.3 is 19.3 Å². The van der Waals surface area contributed by atoms with E-state index in [0.717, 1.165) is 33.5 Å².